The van der Waals surface area contributed by atoms with Crippen molar-refractivity contribution < 1.29 is 13.6 Å². The predicted octanol–water partition coefficient (Wildman–Crippen LogP) is 2.81. The molecule has 0 bridgehead atoms. The molecule has 2 aromatic carbocycles. The number of rotatable bonds is 5. The van der Waals surface area contributed by atoms with E-state index in [9.17, 15) is 18.4 Å². The van der Waals surface area contributed by atoms with E-state index in [4.69, 9.17) is 0 Å². The lowest BCUT2D eigenvalue weighted by molar-refractivity contribution is -0.117. The Balaban J connectivity index is 1.67. The summed E-state index contributed by atoms with van der Waals surface area (Å²) in [5, 5.41) is 5.71. The number of benzene rings is 2. The summed E-state index contributed by atoms with van der Waals surface area (Å²) >= 11 is 0. The second kappa shape index (κ2) is 7.09. The molecule has 26 heavy (non-hydrogen) atoms. The van der Waals surface area contributed by atoms with Gasteiger partial charge in [0.25, 0.3) is 0 Å². The Hall–Kier alpha value is -3.00. The van der Waals surface area contributed by atoms with Crippen LogP contribution in [0.4, 0.5) is 14.5 Å². The number of amides is 1. The molecule has 3 rings (SSSR count). The summed E-state index contributed by atoms with van der Waals surface area (Å²) in [6.45, 7) is 3.33. The van der Waals surface area contributed by atoms with Crippen molar-refractivity contribution in [1.82, 2.24) is 15.3 Å². The van der Waals surface area contributed by atoms with E-state index in [0.717, 1.165) is 6.07 Å². The molecule has 8 heteroatoms. The van der Waals surface area contributed by atoms with Crippen LogP contribution < -0.4 is 16.3 Å². The molecule has 1 aromatic heterocycles. The van der Waals surface area contributed by atoms with Crippen molar-refractivity contribution in [2.45, 2.75) is 25.9 Å². The molecule has 0 spiro atoms. The molecule has 136 valence electrons. The van der Waals surface area contributed by atoms with Crippen LogP contribution in [0.25, 0.3) is 11.0 Å². The summed E-state index contributed by atoms with van der Waals surface area (Å²) in [4.78, 5) is 28.9. The van der Waals surface area contributed by atoms with Gasteiger partial charge < -0.3 is 15.3 Å². The fourth-order valence-electron chi connectivity index (χ4n) is 2.75. The number of aromatic nitrogens is 2. The third kappa shape index (κ3) is 3.80. The van der Waals surface area contributed by atoms with Crippen molar-refractivity contribution in [3.05, 3.63) is 64.1 Å². The number of imidazole rings is 1. The number of anilines is 1. The van der Waals surface area contributed by atoms with E-state index < -0.39 is 23.7 Å². The number of hydrogen-bond acceptors (Lipinski definition) is 3. The first-order valence-corrected chi connectivity index (χ1v) is 8.07. The van der Waals surface area contributed by atoms with Gasteiger partial charge in [-0.25, -0.2) is 13.6 Å². The standard InChI is InChI=1S/C18H18F2N4O2/c1-9(13-5-3-11(19)7-14(13)20)21-10(2)17(25)22-12-4-6-15-16(8-12)24-18(26)23-15/h3-10,21H,1-2H3,(H,22,25)(H2,23,24,26)/t9-,10+/m1/s1. The molecule has 0 fully saturated rings. The fourth-order valence-corrected chi connectivity index (χ4v) is 2.75. The van der Waals surface area contributed by atoms with Gasteiger partial charge in [0.1, 0.15) is 11.6 Å². The maximum Gasteiger partial charge on any atom is 0.323 e. The van der Waals surface area contributed by atoms with Gasteiger partial charge in [-0.1, -0.05) is 6.07 Å². The van der Waals surface area contributed by atoms with Gasteiger partial charge >= 0.3 is 5.69 Å². The van der Waals surface area contributed by atoms with Crippen LogP contribution >= 0.6 is 0 Å². The lowest BCUT2D eigenvalue weighted by atomic mass is 10.1. The average Bonchev–Trinajstić information content (AvgIpc) is 2.93. The molecule has 1 heterocycles. The number of fused-ring (bicyclic) bond motifs is 1. The number of hydrogen-bond donors (Lipinski definition) is 4. The van der Waals surface area contributed by atoms with Crippen LogP contribution in [0.5, 0.6) is 0 Å². The first-order chi connectivity index (χ1) is 12.3. The summed E-state index contributed by atoms with van der Waals surface area (Å²) in [5.74, 6) is -1.64. The maximum absolute atomic E-state index is 13.8. The van der Waals surface area contributed by atoms with Crippen LogP contribution in [-0.4, -0.2) is 21.9 Å². The summed E-state index contributed by atoms with van der Waals surface area (Å²) in [7, 11) is 0. The van der Waals surface area contributed by atoms with Crippen molar-refractivity contribution in [2.24, 2.45) is 0 Å². The molecular formula is C18H18F2N4O2. The Morgan fingerprint density at radius 2 is 1.77 bits per heavy atom. The van der Waals surface area contributed by atoms with E-state index in [2.05, 4.69) is 20.6 Å². The number of carbonyl (C=O) groups excluding carboxylic acids is 1. The van der Waals surface area contributed by atoms with Gasteiger partial charge in [0.05, 0.1) is 17.1 Å². The topological polar surface area (TPSA) is 89.8 Å². The zero-order valence-electron chi connectivity index (χ0n) is 14.2. The van der Waals surface area contributed by atoms with Gasteiger partial charge in [0.15, 0.2) is 0 Å². The van der Waals surface area contributed by atoms with Crippen molar-refractivity contribution >= 4 is 22.6 Å². The highest BCUT2D eigenvalue weighted by molar-refractivity contribution is 5.96. The first-order valence-electron chi connectivity index (χ1n) is 8.07. The predicted molar refractivity (Wildman–Crippen MR) is 94.9 cm³/mol. The van der Waals surface area contributed by atoms with E-state index in [1.165, 1.54) is 12.1 Å². The number of carbonyl (C=O) groups is 1. The lowest BCUT2D eigenvalue weighted by Crippen LogP contribution is -2.39. The minimum Gasteiger partial charge on any atom is -0.325 e. The van der Waals surface area contributed by atoms with E-state index in [1.54, 1.807) is 32.0 Å². The van der Waals surface area contributed by atoms with E-state index in [1.807, 2.05) is 0 Å². The van der Waals surface area contributed by atoms with Gasteiger partial charge in [-0.2, -0.15) is 0 Å². The van der Waals surface area contributed by atoms with Crippen LogP contribution in [0.15, 0.2) is 41.2 Å². The third-order valence-corrected chi connectivity index (χ3v) is 4.11. The zero-order chi connectivity index (χ0) is 18.8. The molecule has 0 aliphatic rings. The van der Waals surface area contributed by atoms with Gasteiger partial charge in [-0.3, -0.25) is 10.1 Å². The molecule has 4 N–H and O–H groups in total. The van der Waals surface area contributed by atoms with Crippen molar-refractivity contribution in [2.75, 3.05) is 5.32 Å². The quantitative estimate of drug-likeness (QED) is 0.564. The molecule has 1 amide bonds. The monoisotopic (exact) mass is 360 g/mol. The molecule has 0 aliphatic heterocycles. The SMILES string of the molecule is C[C@H](N[C@H](C)c1ccc(F)cc1F)C(=O)Nc1ccc2[nH]c(=O)[nH]c2c1. The fraction of sp³-hybridized carbons (Fsp3) is 0.222. The molecule has 0 aliphatic carbocycles. The Labute approximate surface area is 147 Å². The zero-order valence-corrected chi connectivity index (χ0v) is 14.2. The largest absolute Gasteiger partial charge is 0.325 e. The highest BCUT2D eigenvalue weighted by Crippen LogP contribution is 2.19. The summed E-state index contributed by atoms with van der Waals surface area (Å²) in [6.07, 6.45) is 0. The molecule has 0 saturated heterocycles. The molecule has 3 aromatic rings. The van der Waals surface area contributed by atoms with E-state index in [0.29, 0.717) is 16.7 Å². The highest BCUT2D eigenvalue weighted by Gasteiger charge is 2.19. The highest BCUT2D eigenvalue weighted by atomic mass is 19.1. The van der Waals surface area contributed by atoms with Crippen molar-refractivity contribution in [3.8, 4) is 0 Å². The van der Waals surface area contributed by atoms with E-state index >= 15 is 0 Å². The first kappa shape index (κ1) is 17.8. The molecule has 0 radical (unpaired) electrons. The van der Waals surface area contributed by atoms with Crippen LogP contribution in [0.3, 0.4) is 0 Å². The Kier molecular flexibility index (Phi) is 4.85. The summed E-state index contributed by atoms with van der Waals surface area (Å²) in [5.41, 5.74) is 1.69. The second-order valence-electron chi connectivity index (χ2n) is 6.10. The Bertz CT molecular complexity index is 1010. The summed E-state index contributed by atoms with van der Waals surface area (Å²) in [6, 6.07) is 7.20. The second-order valence-corrected chi connectivity index (χ2v) is 6.10. The summed E-state index contributed by atoms with van der Waals surface area (Å²) < 4.78 is 26.8. The van der Waals surface area contributed by atoms with E-state index in [-0.39, 0.29) is 17.2 Å². The Morgan fingerprint density at radius 3 is 2.50 bits per heavy atom. The molecule has 0 unspecified atom stereocenters. The Morgan fingerprint density at radius 1 is 1.04 bits per heavy atom. The van der Waals surface area contributed by atoms with Crippen molar-refractivity contribution in [1.29, 1.82) is 0 Å². The molecule has 0 saturated carbocycles. The normalized spacial score (nSPS) is 13.5. The van der Waals surface area contributed by atoms with Gasteiger partial charge in [-0.05, 0) is 38.1 Å². The lowest BCUT2D eigenvalue weighted by Gasteiger charge is -2.20. The minimum absolute atomic E-state index is 0.275. The molecule has 6 nitrogen and oxygen atoms in total. The number of nitrogens with one attached hydrogen (secondary N) is 4. The number of aromatic amines is 2. The third-order valence-electron chi connectivity index (χ3n) is 4.11. The van der Waals surface area contributed by atoms with Gasteiger partial charge in [-0.15, -0.1) is 0 Å². The molecular weight excluding hydrogens is 342 g/mol. The smallest absolute Gasteiger partial charge is 0.323 e. The molecule has 2 atom stereocenters. The van der Waals surface area contributed by atoms with Gasteiger partial charge in [0, 0.05) is 23.4 Å². The van der Waals surface area contributed by atoms with Crippen LogP contribution in [0.1, 0.15) is 25.5 Å². The van der Waals surface area contributed by atoms with Crippen LogP contribution in [0, 0.1) is 11.6 Å². The van der Waals surface area contributed by atoms with Gasteiger partial charge in [0.2, 0.25) is 5.91 Å². The van der Waals surface area contributed by atoms with Crippen LogP contribution in [-0.2, 0) is 4.79 Å². The number of halogens is 2. The van der Waals surface area contributed by atoms with Crippen molar-refractivity contribution in [3.63, 3.8) is 0 Å². The maximum atomic E-state index is 13.8. The van der Waals surface area contributed by atoms with Crippen LogP contribution in [0.2, 0.25) is 0 Å². The number of H-pyrrole nitrogens is 2. The average molecular weight is 360 g/mol. The minimum atomic E-state index is -0.667.